The normalized spacial score (nSPS) is 9.81. The SMILES string of the molecule is CC(=O)Nc1cccc(-c2ncccn2)c1. The summed E-state index contributed by atoms with van der Waals surface area (Å²) < 4.78 is 0. The minimum atomic E-state index is -0.0915. The molecule has 1 N–H and O–H groups in total. The van der Waals surface area contributed by atoms with E-state index < -0.39 is 0 Å². The lowest BCUT2D eigenvalue weighted by Crippen LogP contribution is -2.05. The smallest absolute Gasteiger partial charge is 0.221 e. The molecule has 0 atom stereocenters. The molecular weight excluding hydrogens is 202 g/mol. The van der Waals surface area contributed by atoms with Crippen molar-refractivity contribution < 1.29 is 4.79 Å². The number of aromatic nitrogens is 2. The molecule has 0 aliphatic rings. The highest BCUT2D eigenvalue weighted by Gasteiger charge is 2.01. The summed E-state index contributed by atoms with van der Waals surface area (Å²) in [4.78, 5) is 19.2. The van der Waals surface area contributed by atoms with Crippen LogP contribution in [-0.2, 0) is 4.79 Å². The maximum Gasteiger partial charge on any atom is 0.221 e. The number of hydrogen-bond donors (Lipinski definition) is 1. The van der Waals surface area contributed by atoms with Gasteiger partial charge in [0.1, 0.15) is 0 Å². The van der Waals surface area contributed by atoms with Gasteiger partial charge in [0.05, 0.1) is 0 Å². The third kappa shape index (κ3) is 2.42. The van der Waals surface area contributed by atoms with Crippen molar-refractivity contribution in [2.45, 2.75) is 6.92 Å². The molecule has 2 rings (SSSR count). The van der Waals surface area contributed by atoms with Crippen LogP contribution < -0.4 is 5.32 Å². The Morgan fingerprint density at radius 2 is 1.94 bits per heavy atom. The van der Waals surface area contributed by atoms with Crippen molar-refractivity contribution >= 4 is 11.6 Å². The van der Waals surface area contributed by atoms with E-state index in [0.717, 1.165) is 11.3 Å². The monoisotopic (exact) mass is 213 g/mol. The van der Waals surface area contributed by atoms with Crippen molar-refractivity contribution in [3.63, 3.8) is 0 Å². The lowest BCUT2D eigenvalue weighted by atomic mass is 10.2. The van der Waals surface area contributed by atoms with Crippen molar-refractivity contribution in [1.82, 2.24) is 9.97 Å². The summed E-state index contributed by atoms with van der Waals surface area (Å²) in [5, 5.41) is 2.72. The van der Waals surface area contributed by atoms with E-state index in [2.05, 4.69) is 15.3 Å². The topological polar surface area (TPSA) is 54.9 Å². The van der Waals surface area contributed by atoms with Crippen LogP contribution in [0.15, 0.2) is 42.7 Å². The van der Waals surface area contributed by atoms with Gasteiger partial charge in [-0.25, -0.2) is 9.97 Å². The second-order valence-corrected chi connectivity index (χ2v) is 3.33. The van der Waals surface area contributed by atoms with Crippen LogP contribution in [0.1, 0.15) is 6.92 Å². The fourth-order valence-electron chi connectivity index (χ4n) is 1.39. The second-order valence-electron chi connectivity index (χ2n) is 3.33. The van der Waals surface area contributed by atoms with Crippen LogP contribution in [0.3, 0.4) is 0 Å². The molecule has 0 spiro atoms. The van der Waals surface area contributed by atoms with Gasteiger partial charge >= 0.3 is 0 Å². The van der Waals surface area contributed by atoms with E-state index in [0.29, 0.717) is 5.82 Å². The molecule has 0 aliphatic heterocycles. The van der Waals surface area contributed by atoms with Crippen molar-refractivity contribution in [3.05, 3.63) is 42.7 Å². The van der Waals surface area contributed by atoms with Crippen LogP contribution >= 0.6 is 0 Å². The Morgan fingerprint density at radius 3 is 2.62 bits per heavy atom. The van der Waals surface area contributed by atoms with Crippen molar-refractivity contribution in [2.75, 3.05) is 5.32 Å². The van der Waals surface area contributed by atoms with Gasteiger partial charge in [0, 0.05) is 30.6 Å². The highest BCUT2D eigenvalue weighted by atomic mass is 16.1. The van der Waals surface area contributed by atoms with Crippen LogP contribution in [0.5, 0.6) is 0 Å². The lowest BCUT2D eigenvalue weighted by Gasteiger charge is -2.04. The molecule has 1 aromatic heterocycles. The Hall–Kier alpha value is -2.23. The predicted molar refractivity (Wildman–Crippen MR) is 61.8 cm³/mol. The molecule has 4 nitrogen and oxygen atoms in total. The summed E-state index contributed by atoms with van der Waals surface area (Å²) >= 11 is 0. The molecule has 16 heavy (non-hydrogen) atoms. The Bertz CT molecular complexity index is 497. The average molecular weight is 213 g/mol. The van der Waals surface area contributed by atoms with E-state index >= 15 is 0 Å². The summed E-state index contributed by atoms with van der Waals surface area (Å²) in [7, 11) is 0. The highest BCUT2D eigenvalue weighted by Crippen LogP contribution is 2.18. The first kappa shape index (κ1) is 10.3. The fraction of sp³-hybridized carbons (Fsp3) is 0.0833. The Morgan fingerprint density at radius 1 is 1.19 bits per heavy atom. The van der Waals surface area contributed by atoms with Gasteiger partial charge in [0.15, 0.2) is 5.82 Å². The van der Waals surface area contributed by atoms with Crippen molar-refractivity contribution in [1.29, 1.82) is 0 Å². The molecule has 0 saturated carbocycles. The second kappa shape index (κ2) is 4.53. The van der Waals surface area contributed by atoms with E-state index in [1.807, 2.05) is 24.3 Å². The molecule has 1 amide bonds. The van der Waals surface area contributed by atoms with E-state index in [1.165, 1.54) is 6.92 Å². The van der Waals surface area contributed by atoms with Gasteiger partial charge in [-0.1, -0.05) is 12.1 Å². The summed E-state index contributed by atoms with van der Waals surface area (Å²) in [5.74, 6) is 0.556. The molecule has 0 aliphatic carbocycles. The molecule has 0 radical (unpaired) electrons. The zero-order valence-electron chi connectivity index (χ0n) is 8.84. The van der Waals surface area contributed by atoms with Crippen molar-refractivity contribution in [2.24, 2.45) is 0 Å². The number of nitrogens with zero attached hydrogens (tertiary/aromatic N) is 2. The first-order valence-corrected chi connectivity index (χ1v) is 4.91. The van der Waals surface area contributed by atoms with Gasteiger partial charge in [-0.3, -0.25) is 4.79 Å². The highest BCUT2D eigenvalue weighted by molar-refractivity contribution is 5.89. The Balaban J connectivity index is 2.33. The molecule has 0 unspecified atom stereocenters. The van der Waals surface area contributed by atoms with Crippen LogP contribution in [0, 0.1) is 0 Å². The molecule has 2 aromatic rings. The Kier molecular flexibility index (Phi) is 2.91. The zero-order chi connectivity index (χ0) is 11.4. The van der Waals surface area contributed by atoms with E-state index in [-0.39, 0.29) is 5.91 Å². The molecular formula is C12H11N3O. The molecule has 0 bridgehead atoms. The standard InChI is InChI=1S/C12H11N3O/c1-9(16)15-11-5-2-4-10(8-11)12-13-6-3-7-14-12/h2-8H,1H3,(H,15,16). The third-order valence-corrected chi connectivity index (χ3v) is 2.01. The zero-order valence-corrected chi connectivity index (χ0v) is 8.84. The minimum Gasteiger partial charge on any atom is -0.326 e. The number of amides is 1. The number of benzene rings is 1. The first-order chi connectivity index (χ1) is 7.75. The molecule has 1 aromatic carbocycles. The predicted octanol–water partition coefficient (Wildman–Crippen LogP) is 2.10. The van der Waals surface area contributed by atoms with Crippen LogP contribution in [-0.4, -0.2) is 15.9 Å². The van der Waals surface area contributed by atoms with Crippen LogP contribution in [0.25, 0.3) is 11.4 Å². The molecule has 0 fully saturated rings. The molecule has 4 heteroatoms. The number of nitrogens with one attached hydrogen (secondary N) is 1. The summed E-state index contributed by atoms with van der Waals surface area (Å²) in [5.41, 5.74) is 1.63. The van der Waals surface area contributed by atoms with E-state index in [4.69, 9.17) is 0 Å². The average Bonchev–Trinajstić information content (AvgIpc) is 2.30. The number of hydrogen-bond acceptors (Lipinski definition) is 3. The van der Waals surface area contributed by atoms with Crippen molar-refractivity contribution in [3.8, 4) is 11.4 Å². The molecule has 80 valence electrons. The quantitative estimate of drug-likeness (QED) is 0.831. The third-order valence-electron chi connectivity index (χ3n) is 2.01. The van der Waals surface area contributed by atoms with Gasteiger partial charge in [-0.15, -0.1) is 0 Å². The summed E-state index contributed by atoms with van der Waals surface area (Å²) in [6.07, 6.45) is 3.38. The van der Waals surface area contributed by atoms with Crippen LogP contribution in [0.2, 0.25) is 0 Å². The number of carbonyl (C=O) groups is 1. The Labute approximate surface area is 93.4 Å². The van der Waals surface area contributed by atoms with Gasteiger partial charge in [0.25, 0.3) is 0 Å². The maximum atomic E-state index is 10.9. The first-order valence-electron chi connectivity index (χ1n) is 4.91. The number of rotatable bonds is 2. The number of anilines is 1. The summed E-state index contributed by atoms with van der Waals surface area (Å²) in [6.45, 7) is 1.48. The largest absolute Gasteiger partial charge is 0.326 e. The number of carbonyl (C=O) groups excluding carboxylic acids is 1. The van der Waals surface area contributed by atoms with Crippen LogP contribution in [0.4, 0.5) is 5.69 Å². The van der Waals surface area contributed by atoms with Gasteiger partial charge < -0.3 is 5.32 Å². The maximum absolute atomic E-state index is 10.9. The molecule has 1 heterocycles. The molecule has 0 saturated heterocycles. The van der Waals surface area contributed by atoms with Gasteiger partial charge in [-0.05, 0) is 18.2 Å². The fourth-order valence-corrected chi connectivity index (χ4v) is 1.39. The minimum absolute atomic E-state index is 0.0915. The van der Waals surface area contributed by atoms with Gasteiger partial charge in [0.2, 0.25) is 5.91 Å². The van der Waals surface area contributed by atoms with Gasteiger partial charge in [-0.2, -0.15) is 0 Å². The lowest BCUT2D eigenvalue weighted by molar-refractivity contribution is -0.114. The van der Waals surface area contributed by atoms with E-state index in [1.54, 1.807) is 18.5 Å². The van der Waals surface area contributed by atoms with E-state index in [9.17, 15) is 4.79 Å². The summed E-state index contributed by atoms with van der Waals surface area (Å²) in [6, 6.07) is 9.20.